The highest BCUT2D eigenvalue weighted by molar-refractivity contribution is 5.40. The van der Waals surface area contributed by atoms with Crippen molar-refractivity contribution in [2.45, 2.75) is 6.04 Å². The zero-order valence-electron chi connectivity index (χ0n) is 11.5. The van der Waals surface area contributed by atoms with E-state index in [1.807, 2.05) is 26.2 Å². The second-order valence-electron chi connectivity index (χ2n) is 4.05. The summed E-state index contributed by atoms with van der Waals surface area (Å²) in [6, 6.07) is 3.75. The molecule has 19 heavy (non-hydrogen) atoms. The van der Waals surface area contributed by atoms with Gasteiger partial charge < -0.3 is 14.8 Å². The van der Waals surface area contributed by atoms with E-state index in [1.165, 1.54) is 0 Å². The molecule has 0 saturated heterocycles. The molecule has 1 N–H and O–H groups in total. The van der Waals surface area contributed by atoms with Crippen LogP contribution in [-0.4, -0.2) is 36.0 Å². The first-order valence-corrected chi connectivity index (χ1v) is 5.95. The van der Waals surface area contributed by atoms with Crippen LogP contribution in [0.3, 0.4) is 0 Å². The molecular weight excluding hydrogens is 244 g/mol. The van der Waals surface area contributed by atoms with Crippen LogP contribution in [0.1, 0.15) is 17.3 Å². The molecule has 1 unspecified atom stereocenters. The third-order valence-electron chi connectivity index (χ3n) is 3.04. The highest BCUT2D eigenvalue weighted by atomic mass is 16.5. The molecule has 2 rings (SSSR count). The van der Waals surface area contributed by atoms with Crippen molar-refractivity contribution in [2.75, 3.05) is 21.3 Å². The summed E-state index contributed by atoms with van der Waals surface area (Å²) >= 11 is 0. The lowest BCUT2D eigenvalue weighted by Crippen LogP contribution is -2.22. The summed E-state index contributed by atoms with van der Waals surface area (Å²) in [5, 5.41) is 7.48. The van der Waals surface area contributed by atoms with Gasteiger partial charge in [0.15, 0.2) is 5.75 Å². The zero-order valence-corrected chi connectivity index (χ0v) is 11.5. The molecule has 0 radical (unpaired) electrons. The summed E-state index contributed by atoms with van der Waals surface area (Å²) in [5.41, 5.74) is 1.87. The van der Waals surface area contributed by atoms with E-state index in [1.54, 1.807) is 31.3 Å². The van der Waals surface area contributed by atoms with Crippen molar-refractivity contribution in [1.29, 1.82) is 0 Å². The first kappa shape index (κ1) is 13.4. The van der Waals surface area contributed by atoms with E-state index in [4.69, 9.17) is 9.47 Å². The maximum atomic E-state index is 5.36. The molecule has 0 saturated carbocycles. The van der Waals surface area contributed by atoms with Crippen molar-refractivity contribution in [1.82, 2.24) is 20.1 Å². The van der Waals surface area contributed by atoms with Gasteiger partial charge in [0.05, 0.1) is 26.5 Å². The number of rotatable bonds is 5. The molecule has 0 amide bonds. The lowest BCUT2D eigenvalue weighted by atomic mass is 10.0. The Bertz CT molecular complexity index is 553. The molecule has 1 atom stereocenters. The molecular formula is C13H18N4O2. The maximum absolute atomic E-state index is 5.36. The summed E-state index contributed by atoms with van der Waals surface area (Å²) in [6.07, 6.45) is 3.40. The number of aryl methyl sites for hydroxylation is 1. The minimum atomic E-state index is -0.105. The van der Waals surface area contributed by atoms with Crippen LogP contribution in [0.25, 0.3) is 0 Å². The highest BCUT2D eigenvalue weighted by Gasteiger charge is 2.24. The van der Waals surface area contributed by atoms with Gasteiger partial charge in [0.25, 0.3) is 0 Å². The van der Waals surface area contributed by atoms with Crippen LogP contribution < -0.4 is 14.8 Å². The Morgan fingerprint density at radius 2 is 2.11 bits per heavy atom. The third-order valence-corrected chi connectivity index (χ3v) is 3.04. The molecule has 2 aromatic rings. The molecule has 2 aromatic heterocycles. The molecule has 0 fully saturated rings. The molecule has 0 aliphatic rings. The van der Waals surface area contributed by atoms with Gasteiger partial charge in [-0.1, -0.05) is 6.07 Å². The van der Waals surface area contributed by atoms with E-state index < -0.39 is 0 Å². The largest absolute Gasteiger partial charge is 0.493 e. The van der Waals surface area contributed by atoms with Crippen molar-refractivity contribution >= 4 is 0 Å². The predicted molar refractivity (Wildman–Crippen MR) is 71.5 cm³/mol. The van der Waals surface area contributed by atoms with E-state index >= 15 is 0 Å². The van der Waals surface area contributed by atoms with Gasteiger partial charge in [0.2, 0.25) is 5.88 Å². The van der Waals surface area contributed by atoms with E-state index in [0.717, 1.165) is 17.0 Å². The lowest BCUT2D eigenvalue weighted by molar-refractivity contribution is 0.381. The molecule has 0 aliphatic heterocycles. The molecule has 0 bridgehead atoms. The zero-order chi connectivity index (χ0) is 13.8. The normalized spacial score (nSPS) is 12.2. The second-order valence-corrected chi connectivity index (χ2v) is 4.05. The second kappa shape index (κ2) is 5.71. The quantitative estimate of drug-likeness (QED) is 0.875. The van der Waals surface area contributed by atoms with Gasteiger partial charge in [-0.25, -0.2) is 4.98 Å². The molecule has 0 aromatic carbocycles. The average molecular weight is 262 g/mol. The Morgan fingerprint density at radius 1 is 1.32 bits per heavy atom. The number of pyridine rings is 1. The predicted octanol–water partition coefficient (Wildman–Crippen LogP) is 1.14. The monoisotopic (exact) mass is 262 g/mol. The Labute approximate surface area is 112 Å². The Hall–Kier alpha value is -2.08. The summed E-state index contributed by atoms with van der Waals surface area (Å²) in [7, 11) is 7.00. The van der Waals surface area contributed by atoms with Gasteiger partial charge in [-0.15, -0.1) is 0 Å². The first-order chi connectivity index (χ1) is 9.22. The number of nitrogens with zero attached hydrogens (tertiary/aromatic N) is 3. The smallest absolute Gasteiger partial charge is 0.218 e. The van der Waals surface area contributed by atoms with Crippen LogP contribution in [0.4, 0.5) is 0 Å². The van der Waals surface area contributed by atoms with Gasteiger partial charge in [-0.3, -0.25) is 4.68 Å². The van der Waals surface area contributed by atoms with E-state index in [0.29, 0.717) is 5.88 Å². The van der Waals surface area contributed by atoms with Crippen molar-refractivity contribution in [3.05, 3.63) is 35.8 Å². The fourth-order valence-electron chi connectivity index (χ4n) is 2.15. The van der Waals surface area contributed by atoms with Crippen LogP contribution in [-0.2, 0) is 7.05 Å². The Balaban J connectivity index is 2.53. The van der Waals surface area contributed by atoms with Crippen LogP contribution >= 0.6 is 0 Å². The SMILES string of the molecule is CNC(c1cccnc1OC)c1c(OC)cnn1C. The molecule has 0 aliphatic carbocycles. The number of aromatic nitrogens is 3. The van der Waals surface area contributed by atoms with Gasteiger partial charge in [0, 0.05) is 18.8 Å². The number of hydrogen-bond donors (Lipinski definition) is 1. The van der Waals surface area contributed by atoms with Crippen molar-refractivity contribution in [3.63, 3.8) is 0 Å². The van der Waals surface area contributed by atoms with Crippen molar-refractivity contribution < 1.29 is 9.47 Å². The number of nitrogens with one attached hydrogen (secondary N) is 1. The standard InChI is InChI=1S/C13H18N4O2/c1-14-11(9-6-5-7-15-13(9)19-4)12-10(18-3)8-16-17(12)2/h5-8,11,14H,1-4H3. The number of methoxy groups -OCH3 is 2. The Kier molecular flexibility index (Phi) is 4.01. The average Bonchev–Trinajstić information content (AvgIpc) is 2.82. The molecule has 0 spiro atoms. The lowest BCUT2D eigenvalue weighted by Gasteiger charge is -2.19. The molecule has 6 nitrogen and oxygen atoms in total. The summed E-state index contributed by atoms with van der Waals surface area (Å²) in [4.78, 5) is 4.23. The highest BCUT2D eigenvalue weighted by Crippen LogP contribution is 2.32. The summed E-state index contributed by atoms with van der Waals surface area (Å²) in [6.45, 7) is 0. The van der Waals surface area contributed by atoms with Gasteiger partial charge in [0.1, 0.15) is 5.69 Å². The molecule has 6 heteroatoms. The Morgan fingerprint density at radius 3 is 2.74 bits per heavy atom. The summed E-state index contributed by atoms with van der Waals surface area (Å²) < 4.78 is 12.5. The van der Waals surface area contributed by atoms with E-state index in [9.17, 15) is 0 Å². The van der Waals surface area contributed by atoms with E-state index in [2.05, 4.69) is 15.4 Å². The van der Waals surface area contributed by atoms with Gasteiger partial charge in [-0.2, -0.15) is 5.10 Å². The van der Waals surface area contributed by atoms with Gasteiger partial charge >= 0.3 is 0 Å². The fourth-order valence-corrected chi connectivity index (χ4v) is 2.15. The van der Waals surface area contributed by atoms with Crippen LogP contribution in [0.5, 0.6) is 11.6 Å². The van der Waals surface area contributed by atoms with Crippen molar-refractivity contribution in [2.24, 2.45) is 7.05 Å². The number of ether oxygens (including phenoxy) is 2. The van der Waals surface area contributed by atoms with Crippen LogP contribution in [0.15, 0.2) is 24.5 Å². The topological polar surface area (TPSA) is 61.2 Å². The maximum Gasteiger partial charge on any atom is 0.218 e. The van der Waals surface area contributed by atoms with Crippen LogP contribution in [0, 0.1) is 0 Å². The third kappa shape index (κ3) is 2.39. The summed E-state index contributed by atoms with van der Waals surface area (Å²) in [5.74, 6) is 1.32. The number of hydrogen-bond acceptors (Lipinski definition) is 5. The van der Waals surface area contributed by atoms with E-state index in [-0.39, 0.29) is 6.04 Å². The molecule has 2 heterocycles. The first-order valence-electron chi connectivity index (χ1n) is 5.95. The minimum absolute atomic E-state index is 0.105. The van der Waals surface area contributed by atoms with Crippen molar-refractivity contribution in [3.8, 4) is 11.6 Å². The fraction of sp³-hybridized carbons (Fsp3) is 0.385. The molecule has 102 valence electrons. The minimum Gasteiger partial charge on any atom is -0.493 e. The van der Waals surface area contributed by atoms with Crippen LogP contribution in [0.2, 0.25) is 0 Å². The van der Waals surface area contributed by atoms with Gasteiger partial charge in [-0.05, 0) is 13.1 Å².